The van der Waals surface area contributed by atoms with Crippen molar-refractivity contribution in [3.8, 4) is 5.75 Å². The quantitative estimate of drug-likeness (QED) is 0.904. The van der Waals surface area contributed by atoms with Crippen molar-refractivity contribution in [2.75, 3.05) is 19.7 Å². The summed E-state index contributed by atoms with van der Waals surface area (Å²) in [5, 5.41) is 1.40. The van der Waals surface area contributed by atoms with Gasteiger partial charge in [-0.15, -0.1) is 0 Å². The second-order valence-corrected chi connectivity index (χ2v) is 5.85. The Bertz CT molecular complexity index is 600. The number of nitrogens with one attached hydrogen (secondary N) is 1. The molecule has 0 spiro atoms. The molecule has 1 aliphatic rings. The zero-order valence-electron chi connectivity index (χ0n) is 12.7. The van der Waals surface area contributed by atoms with Crippen LogP contribution in [0, 0.1) is 0 Å². The minimum atomic E-state index is 0.610. The fourth-order valence-electron chi connectivity index (χ4n) is 3.24. The number of H-pyrrole nitrogens is 1. The molecule has 0 unspecified atom stereocenters. The SMILES string of the molecule is CCN(CCc1c[nH]c2ccc3c(c12)CCO3)C(C)C. The number of ether oxygens (including phenoxy) is 1. The van der Waals surface area contributed by atoms with E-state index in [0.717, 1.165) is 38.3 Å². The highest BCUT2D eigenvalue weighted by molar-refractivity contribution is 5.89. The van der Waals surface area contributed by atoms with Crippen molar-refractivity contribution < 1.29 is 4.74 Å². The van der Waals surface area contributed by atoms with E-state index in [1.54, 1.807) is 0 Å². The minimum Gasteiger partial charge on any atom is -0.493 e. The fourth-order valence-corrected chi connectivity index (χ4v) is 3.24. The minimum absolute atomic E-state index is 0.610. The lowest BCUT2D eigenvalue weighted by molar-refractivity contribution is 0.237. The van der Waals surface area contributed by atoms with Crippen LogP contribution in [0.5, 0.6) is 5.75 Å². The van der Waals surface area contributed by atoms with Gasteiger partial charge in [0.25, 0.3) is 0 Å². The van der Waals surface area contributed by atoms with Crippen LogP contribution in [-0.4, -0.2) is 35.6 Å². The molecule has 108 valence electrons. The molecular weight excluding hydrogens is 248 g/mol. The molecule has 0 bridgehead atoms. The molecule has 3 rings (SSSR count). The summed E-state index contributed by atoms with van der Waals surface area (Å²) in [6, 6.07) is 4.85. The Kier molecular flexibility index (Phi) is 3.70. The van der Waals surface area contributed by atoms with Crippen LogP contribution in [0.25, 0.3) is 10.9 Å². The zero-order valence-corrected chi connectivity index (χ0v) is 12.7. The molecule has 0 radical (unpaired) electrons. The summed E-state index contributed by atoms with van der Waals surface area (Å²) in [6.07, 6.45) is 4.32. The first-order chi connectivity index (χ1) is 9.70. The van der Waals surface area contributed by atoms with Gasteiger partial charge in [0, 0.05) is 41.7 Å². The van der Waals surface area contributed by atoms with E-state index in [1.807, 2.05) is 0 Å². The topological polar surface area (TPSA) is 28.3 Å². The van der Waals surface area contributed by atoms with Gasteiger partial charge in [0.2, 0.25) is 0 Å². The number of benzene rings is 1. The fraction of sp³-hybridized carbons (Fsp3) is 0.529. The Morgan fingerprint density at radius 2 is 2.20 bits per heavy atom. The lowest BCUT2D eigenvalue weighted by Crippen LogP contribution is -2.32. The lowest BCUT2D eigenvalue weighted by Gasteiger charge is -2.24. The number of aromatic amines is 1. The molecular formula is C17H24N2O. The molecule has 2 aromatic rings. The first kappa shape index (κ1) is 13.5. The number of fused-ring (bicyclic) bond motifs is 3. The third-order valence-electron chi connectivity index (χ3n) is 4.41. The smallest absolute Gasteiger partial charge is 0.123 e. The summed E-state index contributed by atoms with van der Waals surface area (Å²) in [7, 11) is 0. The van der Waals surface area contributed by atoms with E-state index < -0.39 is 0 Å². The molecule has 0 saturated carbocycles. The van der Waals surface area contributed by atoms with Gasteiger partial charge in [0.15, 0.2) is 0 Å². The van der Waals surface area contributed by atoms with Crippen LogP contribution >= 0.6 is 0 Å². The maximum atomic E-state index is 5.69. The van der Waals surface area contributed by atoms with Crippen LogP contribution in [0.1, 0.15) is 31.9 Å². The van der Waals surface area contributed by atoms with Crippen LogP contribution in [-0.2, 0) is 12.8 Å². The normalized spacial score (nSPS) is 14.2. The molecule has 3 heteroatoms. The maximum Gasteiger partial charge on any atom is 0.123 e. The Balaban J connectivity index is 1.87. The van der Waals surface area contributed by atoms with Gasteiger partial charge in [0.05, 0.1) is 6.61 Å². The van der Waals surface area contributed by atoms with Crippen LogP contribution < -0.4 is 4.74 Å². The van der Waals surface area contributed by atoms with E-state index in [2.05, 4.69) is 49.0 Å². The Morgan fingerprint density at radius 3 is 2.95 bits per heavy atom. The third kappa shape index (κ3) is 2.31. The summed E-state index contributed by atoms with van der Waals surface area (Å²) in [5.74, 6) is 1.08. The van der Waals surface area contributed by atoms with Gasteiger partial charge in [0.1, 0.15) is 5.75 Å². The lowest BCUT2D eigenvalue weighted by atomic mass is 10.0. The highest BCUT2D eigenvalue weighted by atomic mass is 16.5. The van der Waals surface area contributed by atoms with E-state index in [9.17, 15) is 0 Å². The van der Waals surface area contributed by atoms with Crippen LogP contribution in [0.4, 0.5) is 0 Å². The predicted octanol–water partition coefficient (Wildman–Crippen LogP) is 3.38. The van der Waals surface area contributed by atoms with E-state index >= 15 is 0 Å². The van der Waals surface area contributed by atoms with Gasteiger partial charge in [-0.25, -0.2) is 0 Å². The zero-order chi connectivity index (χ0) is 14.1. The van der Waals surface area contributed by atoms with E-state index in [1.165, 1.54) is 22.0 Å². The summed E-state index contributed by atoms with van der Waals surface area (Å²) in [4.78, 5) is 5.93. The highest BCUT2D eigenvalue weighted by Crippen LogP contribution is 2.34. The second kappa shape index (κ2) is 5.49. The summed E-state index contributed by atoms with van der Waals surface area (Å²) in [5.41, 5.74) is 4.07. The molecule has 0 amide bonds. The molecule has 0 saturated heterocycles. The van der Waals surface area contributed by atoms with Gasteiger partial charge in [-0.2, -0.15) is 0 Å². The first-order valence-electron chi connectivity index (χ1n) is 7.69. The molecule has 0 aliphatic carbocycles. The van der Waals surface area contributed by atoms with E-state index in [4.69, 9.17) is 4.74 Å². The van der Waals surface area contributed by atoms with Crippen molar-refractivity contribution in [2.45, 2.75) is 39.7 Å². The monoisotopic (exact) mass is 272 g/mol. The van der Waals surface area contributed by atoms with Crippen molar-refractivity contribution in [3.05, 3.63) is 29.5 Å². The van der Waals surface area contributed by atoms with E-state index in [-0.39, 0.29) is 0 Å². The van der Waals surface area contributed by atoms with Gasteiger partial charge in [-0.1, -0.05) is 6.92 Å². The number of hydrogen-bond acceptors (Lipinski definition) is 2. The van der Waals surface area contributed by atoms with Crippen molar-refractivity contribution in [3.63, 3.8) is 0 Å². The van der Waals surface area contributed by atoms with Crippen molar-refractivity contribution in [2.24, 2.45) is 0 Å². The predicted molar refractivity (Wildman–Crippen MR) is 83.6 cm³/mol. The van der Waals surface area contributed by atoms with Crippen LogP contribution in [0.3, 0.4) is 0 Å². The molecule has 1 aromatic carbocycles. The molecule has 1 N–H and O–H groups in total. The Hall–Kier alpha value is -1.48. The summed E-state index contributed by atoms with van der Waals surface area (Å²) in [6.45, 7) is 9.83. The van der Waals surface area contributed by atoms with E-state index in [0.29, 0.717) is 6.04 Å². The standard InChI is InChI=1S/C17H24N2O/c1-4-19(12(2)3)9-7-13-11-18-15-5-6-16-14(17(13)15)8-10-20-16/h5-6,11-12,18H,4,7-10H2,1-3H3. The summed E-state index contributed by atoms with van der Waals surface area (Å²) >= 11 is 0. The molecule has 20 heavy (non-hydrogen) atoms. The van der Waals surface area contributed by atoms with Gasteiger partial charge in [-0.05, 0) is 44.5 Å². The Labute approximate surface area is 120 Å². The molecule has 1 aromatic heterocycles. The molecule has 0 atom stereocenters. The maximum absolute atomic E-state index is 5.69. The third-order valence-corrected chi connectivity index (χ3v) is 4.41. The van der Waals surface area contributed by atoms with Gasteiger partial charge < -0.3 is 14.6 Å². The Morgan fingerprint density at radius 1 is 1.35 bits per heavy atom. The van der Waals surface area contributed by atoms with Crippen LogP contribution in [0.2, 0.25) is 0 Å². The average Bonchev–Trinajstić information content (AvgIpc) is 3.04. The first-order valence-corrected chi connectivity index (χ1v) is 7.69. The number of rotatable bonds is 5. The van der Waals surface area contributed by atoms with Crippen molar-refractivity contribution >= 4 is 10.9 Å². The van der Waals surface area contributed by atoms with Gasteiger partial charge >= 0.3 is 0 Å². The molecule has 1 aliphatic heterocycles. The molecule has 0 fully saturated rings. The van der Waals surface area contributed by atoms with Gasteiger partial charge in [-0.3, -0.25) is 0 Å². The average molecular weight is 272 g/mol. The van der Waals surface area contributed by atoms with Crippen molar-refractivity contribution in [1.82, 2.24) is 9.88 Å². The number of aromatic nitrogens is 1. The highest BCUT2D eigenvalue weighted by Gasteiger charge is 2.18. The number of likely N-dealkylation sites (N-methyl/N-ethyl adjacent to an activating group) is 1. The number of nitrogens with zero attached hydrogens (tertiary/aromatic N) is 1. The number of hydrogen-bond donors (Lipinski definition) is 1. The van der Waals surface area contributed by atoms with Crippen LogP contribution in [0.15, 0.2) is 18.3 Å². The molecule has 3 nitrogen and oxygen atoms in total. The largest absolute Gasteiger partial charge is 0.493 e. The second-order valence-electron chi connectivity index (χ2n) is 5.85. The van der Waals surface area contributed by atoms with Crippen molar-refractivity contribution in [1.29, 1.82) is 0 Å². The summed E-state index contributed by atoms with van der Waals surface area (Å²) < 4.78 is 5.69. The molecule has 2 heterocycles.